The molecule has 1 unspecified atom stereocenters. The first-order valence-corrected chi connectivity index (χ1v) is 8.36. The number of rotatable bonds is 6. The molecule has 0 aliphatic carbocycles. The predicted molar refractivity (Wildman–Crippen MR) is 95.2 cm³/mol. The standard InChI is InChI=1S/C17H14BrClFNO4/c1-10(17(23)21-14-7-6-11(18)8-13(14)20)25-16(22)9-24-15-5-3-2-4-12(15)19/h2-8,10H,9H2,1H3,(H,21,23). The zero-order valence-electron chi connectivity index (χ0n) is 13.1. The summed E-state index contributed by atoms with van der Waals surface area (Å²) in [6.45, 7) is 0.966. The number of esters is 1. The summed E-state index contributed by atoms with van der Waals surface area (Å²) in [5, 5.41) is 2.71. The number of hydrogen-bond donors (Lipinski definition) is 1. The van der Waals surface area contributed by atoms with E-state index in [2.05, 4.69) is 21.2 Å². The van der Waals surface area contributed by atoms with Gasteiger partial charge in [-0.15, -0.1) is 0 Å². The summed E-state index contributed by atoms with van der Waals surface area (Å²) in [6.07, 6.45) is -1.12. The van der Waals surface area contributed by atoms with Crippen molar-refractivity contribution in [2.45, 2.75) is 13.0 Å². The van der Waals surface area contributed by atoms with E-state index in [9.17, 15) is 14.0 Å². The molecule has 0 aromatic heterocycles. The molecule has 0 aliphatic rings. The third kappa shape index (κ3) is 5.72. The van der Waals surface area contributed by atoms with Crippen LogP contribution in [0, 0.1) is 5.82 Å². The Hall–Kier alpha value is -2.12. The second-order valence-corrected chi connectivity index (χ2v) is 6.29. The van der Waals surface area contributed by atoms with Gasteiger partial charge in [-0.25, -0.2) is 9.18 Å². The summed E-state index contributed by atoms with van der Waals surface area (Å²) in [5.74, 6) is -1.69. The van der Waals surface area contributed by atoms with Crippen LogP contribution in [-0.4, -0.2) is 24.6 Å². The van der Waals surface area contributed by atoms with E-state index in [4.69, 9.17) is 21.1 Å². The van der Waals surface area contributed by atoms with Gasteiger partial charge in [0.15, 0.2) is 12.7 Å². The first-order chi connectivity index (χ1) is 11.9. The molecule has 2 rings (SSSR count). The van der Waals surface area contributed by atoms with Crippen molar-refractivity contribution in [3.63, 3.8) is 0 Å². The van der Waals surface area contributed by atoms with Crippen LogP contribution in [0.25, 0.3) is 0 Å². The molecule has 2 aromatic rings. The maximum Gasteiger partial charge on any atom is 0.344 e. The van der Waals surface area contributed by atoms with Crippen LogP contribution in [0.3, 0.4) is 0 Å². The second-order valence-electron chi connectivity index (χ2n) is 4.96. The van der Waals surface area contributed by atoms with E-state index < -0.39 is 30.4 Å². The first kappa shape index (κ1) is 19.2. The molecule has 0 fully saturated rings. The number of para-hydroxylation sites is 1. The summed E-state index contributed by atoms with van der Waals surface area (Å²) in [7, 11) is 0. The third-order valence-corrected chi connectivity index (χ3v) is 3.85. The van der Waals surface area contributed by atoms with Gasteiger partial charge in [0.1, 0.15) is 11.6 Å². The molecule has 0 heterocycles. The number of ether oxygens (including phenoxy) is 2. The van der Waals surface area contributed by atoms with Crippen molar-refractivity contribution in [3.8, 4) is 5.75 Å². The van der Waals surface area contributed by atoms with Crippen molar-refractivity contribution in [3.05, 3.63) is 57.8 Å². The lowest BCUT2D eigenvalue weighted by atomic mass is 10.3. The molecule has 0 saturated heterocycles. The van der Waals surface area contributed by atoms with Gasteiger partial charge in [-0.3, -0.25) is 4.79 Å². The smallest absolute Gasteiger partial charge is 0.344 e. The molecular formula is C17H14BrClFNO4. The van der Waals surface area contributed by atoms with E-state index >= 15 is 0 Å². The summed E-state index contributed by atoms with van der Waals surface area (Å²) in [6, 6.07) is 10.8. The van der Waals surface area contributed by atoms with Gasteiger partial charge in [0.25, 0.3) is 5.91 Å². The van der Waals surface area contributed by atoms with Crippen molar-refractivity contribution in [2.75, 3.05) is 11.9 Å². The Morgan fingerprint density at radius 3 is 2.68 bits per heavy atom. The fourth-order valence-corrected chi connectivity index (χ4v) is 2.33. The average Bonchev–Trinajstić information content (AvgIpc) is 2.56. The van der Waals surface area contributed by atoms with Crippen molar-refractivity contribution in [1.82, 2.24) is 0 Å². The topological polar surface area (TPSA) is 64.6 Å². The minimum Gasteiger partial charge on any atom is -0.480 e. The Labute approximate surface area is 157 Å². The van der Waals surface area contributed by atoms with Crippen LogP contribution in [0.15, 0.2) is 46.9 Å². The Balaban J connectivity index is 1.85. The molecule has 5 nitrogen and oxygen atoms in total. The van der Waals surface area contributed by atoms with Gasteiger partial charge >= 0.3 is 5.97 Å². The molecule has 2 aromatic carbocycles. The number of carbonyl (C=O) groups excluding carboxylic acids is 2. The maximum atomic E-state index is 13.7. The summed E-state index contributed by atoms with van der Waals surface area (Å²) in [5.41, 5.74) is -0.0107. The molecule has 0 bridgehead atoms. The lowest BCUT2D eigenvalue weighted by Gasteiger charge is -2.14. The fourth-order valence-electron chi connectivity index (χ4n) is 1.81. The van der Waals surface area contributed by atoms with Gasteiger partial charge in [0, 0.05) is 4.47 Å². The largest absolute Gasteiger partial charge is 0.480 e. The van der Waals surface area contributed by atoms with E-state index in [0.717, 1.165) is 0 Å². The van der Waals surface area contributed by atoms with Gasteiger partial charge < -0.3 is 14.8 Å². The van der Waals surface area contributed by atoms with Crippen LogP contribution < -0.4 is 10.1 Å². The second kappa shape index (κ2) is 8.82. The van der Waals surface area contributed by atoms with E-state index in [-0.39, 0.29) is 5.69 Å². The van der Waals surface area contributed by atoms with Gasteiger partial charge in [-0.05, 0) is 37.3 Å². The van der Waals surface area contributed by atoms with Crippen LogP contribution in [-0.2, 0) is 14.3 Å². The highest BCUT2D eigenvalue weighted by molar-refractivity contribution is 9.10. The minimum atomic E-state index is -1.12. The highest BCUT2D eigenvalue weighted by atomic mass is 79.9. The number of benzene rings is 2. The molecule has 1 amide bonds. The highest BCUT2D eigenvalue weighted by Crippen LogP contribution is 2.23. The molecule has 0 radical (unpaired) electrons. The quantitative estimate of drug-likeness (QED) is 0.698. The molecule has 0 saturated carbocycles. The van der Waals surface area contributed by atoms with Crippen LogP contribution in [0.1, 0.15) is 6.92 Å². The van der Waals surface area contributed by atoms with E-state index in [1.54, 1.807) is 30.3 Å². The van der Waals surface area contributed by atoms with Crippen molar-refractivity contribution < 1.29 is 23.5 Å². The van der Waals surface area contributed by atoms with Crippen molar-refractivity contribution >= 4 is 45.1 Å². The summed E-state index contributed by atoms with van der Waals surface area (Å²) >= 11 is 9.02. The monoisotopic (exact) mass is 429 g/mol. The van der Waals surface area contributed by atoms with Crippen LogP contribution >= 0.6 is 27.5 Å². The summed E-state index contributed by atoms with van der Waals surface area (Å²) < 4.78 is 24.4. The molecule has 132 valence electrons. The molecule has 0 aliphatic heterocycles. The lowest BCUT2D eigenvalue weighted by molar-refractivity contribution is -0.155. The molecule has 1 atom stereocenters. The Morgan fingerprint density at radius 1 is 1.28 bits per heavy atom. The van der Waals surface area contributed by atoms with E-state index in [1.807, 2.05) is 0 Å². The Bertz CT molecular complexity index is 787. The third-order valence-electron chi connectivity index (χ3n) is 3.05. The number of carbonyl (C=O) groups is 2. The zero-order valence-corrected chi connectivity index (χ0v) is 15.4. The van der Waals surface area contributed by atoms with Crippen LogP contribution in [0.5, 0.6) is 5.75 Å². The van der Waals surface area contributed by atoms with Gasteiger partial charge in [-0.2, -0.15) is 0 Å². The van der Waals surface area contributed by atoms with Gasteiger partial charge in [0.05, 0.1) is 10.7 Å². The Morgan fingerprint density at radius 2 is 2.00 bits per heavy atom. The SMILES string of the molecule is CC(OC(=O)COc1ccccc1Cl)C(=O)Nc1ccc(Br)cc1F. The van der Waals surface area contributed by atoms with Crippen LogP contribution in [0.4, 0.5) is 10.1 Å². The predicted octanol–water partition coefficient (Wildman–Crippen LogP) is 4.19. The van der Waals surface area contributed by atoms with Gasteiger partial charge in [-0.1, -0.05) is 39.7 Å². The van der Waals surface area contributed by atoms with E-state index in [1.165, 1.54) is 19.1 Å². The van der Waals surface area contributed by atoms with Crippen molar-refractivity contribution in [1.29, 1.82) is 0 Å². The minimum absolute atomic E-state index is 0.0107. The molecule has 8 heteroatoms. The molecule has 0 spiro atoms. The van der Waals surface area contributed by atoms with Crippen LogP contribution in [0.2, 0.25) is 5.02 Å². The van der Waals surface area contributed by atoms with Crippen molar-refractivity contribution in [2.24, 2.45) is 0 Å². The number of amides is 1. The van der Waals surface area contributed by atoms with E-state index in [0.29, 0.717) is 15.2 Å². The lowest BCUT2D eigenvalue weighted by Crippen LogP contribution is -2.32. The molecular weight excluding hydrogens is 417 g/mol. The average molecular weight is 431 g/mol. The summed E-state index contributed by atoms with van der Waals surface area (Å²) in [4.78, 5) is 23.7. The zero-order chi connectivity index (χ0) is 18.4. The Kier molecular flexibility index (Phi) is 6.78. The normalized spacial score (nSPS) is 11.5. The van der Waals surface area contributed by atoms with Gasteiger partial charge in [0.2, 0.25) is 0 Å². The number of halogens is 3. The number of anilines is 1. The highest BCUT2D eigenvalue weighted by Gasteiger charge is 2.19. The maximum absolute atomic E-state index is 13.7. The number of nitrogens with one attached hydrogen (secondary N) is 1. The molecule has 25 heavy (non-hydrogen) atoms. The first-order valence-electron chi connectivity index (χ1n) is 7.19. The molecule has 1 N–H and O–H groups in total. The fraction of sp³-hybridized carbons (Fsp3) is 0.176. The number of hydrogen-bond acceptors (Lipinski definition) is 4.